The molecule has 5 nitrogen and oxygen atoms in total. The Morgan fingerprint density at radius 3 is 2.60 bits per heavy atom. The first-order chi connectivity index (χ1) is 14.0. The number of aryl methyl sites for hydroxylation is 1. The maximum atomic E-state index is 13.5. The normalized spacial score (nSPS) is 18.3. The molecule has 0 saturated carbocycles. The molecule has 1 aliphatic rings. The molecule has 1 aliphatic heterocycles. The molecule has 3 aromatic rings. The van der Waals surface area contributed by atoms with Crippen molar-refractivity contribution in [1.82, 2.24) is 14.7 Å². The quantitative estimate of drug-likeness (QED) is 0.676. The molecule has 2 atom stereocenters. The standard InChI is InChI=1S/C23H25FN4O.ClH/c1-15-4-3-5-18(10-15)22-21(23(29)27-13-17(12-25)11-16(27)2)14-28(26-22)20-8-6-19(24)7-9-20;/h3-10,14,16-17H,11-13,25H2,1-2H3;1H. The highest BCUT2D eigenvalue weighted by Gasteiger charge is 2.34. The minimum absolute atomic E-state index is 0. The molecule has 2 N–H and O–H groups in total. The van der Waals surface area contributed by atoms with Crippen LogP contribution in [0.25, 0.3) is 16.9 Å². The third-order valence-electron chi connectivity index (χ3n) is 5.58. The first-order valence-electron chi connectivity index (χ1n) is 9.90. The summed E-state index contributed by atoms with van der Waals surface area (Å²) in [6.07, 6.45) is 2.66. The highest BCUT2D eigenvalue weighted by Crippen LogP contribution is 2.29. The summed E-state index contributed by atoms with van der Waals surface area (Å²) in [4.78, 5) is 15.4. The number of nitrogens with zero attached hydrogens (tertiary/aromatic N) is 3. The summed E-state index contributed by atoms with van der Waals surface area (Å²) in [5, 5.41) is 4.70. The molecule has 2 aromatic carbocycles. The lowest BCUT2D eigenvalue weighted by Crippen LogP contribution is -2.34. The van der Waals surface area contributed by atoms with E-state index in [1.807, 2.05) is 36.1 Å². The first-order valence-corrected chi connectivity index (χ1v) is 9.90. The van der Waals surface area contributed by atoms with E-state index >= 15 is 0 Å². The second-order valence-electron chi connectivity index (χ2n) is 7.83. The highest BCUT2D eigenvalue weighted by atomic mass is 35.5. The van der Waals surface area contributed by atoms with Gasteiger partial charge in [-0.1, -0.05) is 23.8 Å². The topological polar surface area (TPSA) is 64.2 Å². The second kappa shape index (κ2) is 8.98. The largest absolute Gasteiger partial charge is 0.335 e. The third kappa shape index (κ3) is 4.25. The molecule has 2 heterocycles. The summed E-state index contributed by atoms with van der Waals surface area (Å²) in [5.74, 6) is -0.0309. The number of hydrogen-bond acceptors (Lipinski definition) is 3. The Hall–Kier alpha value is -2.70. The van der Waals surface area contributed by atoms with Crippen LogP contribution in [0, 0.1) is 18.7 Å². The molecule has 158 valence electrons. The van der Waals surface area contributed by atoms with Gasteiger partial charge in [0.15, 0.2) is 0 Å². The van der Waals surface area contributed by atoms with Gasteiger partial charge in [-0.05, 0) is 63.1 Å². The number of amides is 1. The number of carbonyl (C=O) groups excluding carboxylic acids is 1. The van der Waals surface area contributed by atoms with Gasteiger partial charge in [0, 0.05) is 24.3 Å². The zero-order chi connectivity index (χ0) is 20.5. The maximum Gasteiger partial charge on any atom is 0.257 e. The summed E-state index contributed by atoms with van der Waals surface area (Å²) in [6, 6.07) is 14.2. The van der Waals surface area contributed by atoms with Gasteiger partial charge in [0.05, 0.1) is 11.3 Å². The van der Waals surface area contributed by atoms with E-state index in [9.17, 15) is 9.18 Å². The van der Waals surface area contributed by atoms with E-state index in [1.165, 1.54) is 12.1 Å². The molecular weight excluding hydrogens is 403 g/mol. The zero-order valence-corrected chi connectivity index (χ0v) is 17.9. The maximum absolute atomic E-state index is 13.5. The van der Waals surface area contributed by atoms with Gasteiger partial charge in [-0.3, -0.25) is 4.79 Å². The van der Waals surface area contributed by atoms with Gasteiger partial charge in [0.25, 0.3) is 5.91 Å². The lowest BCUT2D eigenvalue weighted by molar-refractivity contribution is 0.0744. The molecule has 1 aromatic heterocycles. The van der Waals surface area contributed by atoms with Crippen LogP contribution in [0.4, 0.5) is 4.39 Å². The lowest BCUT2D eigenvalue weighted by atomic mass is 10.0. The third-order valence-corrected chi connectivity index (χ3v) is 5.58. The Morgan fingerprint density at radius 2 is 1.97 bits per heavy atom. The smallest absolute Gasteiger partial charge is 0.257 e. The molecule has 0 radical (unpaired) electrons. The minimum Gasteiger partial charge on any atom is -0.335 e. The zero-order valence-electron chi connectivity index (χ0n) is 17.1. The average Bonchev–Trinajstić information content (AvgIpc) is 3.32. The van der Waals surface area contributed by atoms with E-state index in [2.05, 4.69) is 6.92 Å². The molecule has 30 heavy (non-hydrogen) atoms. The first kappa shape index (κ1) is 22.0. The van der Waals surface area contributed by atoms with Gasteiger partial charge in [-0.15, -0.1) is 12.4 Å². The fraction of sp³-hybridized carbons (Fsp3) is 0.304. The van der Waals surface area contributed by atoms with E-state index < -0.39 is 0 Å². The Balaban J connectivity index is 0.00000256. The van der Waals surface area contributed by atoms with E-state index in [-0.39, 0.29) is 30.2 Å². The van der Waals surface area contributed by atoms with Crippen molar-refractivity contribution in [2.75, 3.05) is 13.1 Å². The summed E-state index contributed by atoms with van der Waals surface area (Å²) < 4.78 is 15.0. The molecule has 1 fully saturated rings. The van der Waals surface area contributed by atoms with Crippen molar-refractivity contribution in [1.29, 1.82) is 0 Å². The van der Waals surface area contributed by atoms with Crippen molar-refractivity contribution in [2.45, 2.75) is 26.3 Å². The highest BCUT2D eigenvalue weighted by molar-refractivity contribution is 6.00. The van der Waals surface area contributed by atoms with Gasteiger partial charge in [0.2, 0.25) is 0 Å². The Morgan fingerprint density at radius 1 is 1.23 bits per heavy atom. The number of likely N-dealkylation sites (tertiary alicyclic amines) is 1. The van der Waals surface area contributed by atoms with E-state index in [4.69, 9.17) is 10.8 Å². The van der Waals surface area contributed by atoms with Crippen LogP contribution in [0.15, 0.2) is 54.7 Å². The number of nitrogens with two attached hydrogens (primary N) is 1. The summed E-state index contributed by atoms with van der Waals surface area (Å²) >= 11 is 0. The number of aromatic nitrogens is 2. The van der Waals surface area contributed by atoms with E-state index in [0.29, 0.717) is 36.0 Å². The number of hydrogen-bond donors (Lipinski definition) is 1. The monoisotopic (exact) mass is 428 g/mol. The minimum atomic E-state index is -0.310. The number of halogens is 2. The van der Waals surface area contributed by atoms with Gasteiger partial charge >= 0.3 is 0 Å². The summed E-state index contributed by atoms with van der Waals surface area (Å²) in [6.45, 7) is 5.31. The molecule has 0 spiro atoms. The van der Waals surface area contributed by atoms with Gasteiger partial charge in [-0.25, -0.2) is 9.07 Å². The molecule has 7 heteroatoms. The van der Waals surface area contributed by atoms with Crippen LogP contribution < -0.4 is 5.73 Å². The molecule has 1 amide bonds. The predicted molar refractivity (Wildman–Crippen MR) is 119 cm³/mol. The van der Waals surface area contributed by atoms with E-state index in [1.54, 1.807) is 23.0 Å². The molecule has 2 unspecified atom stereocenters. The van der Waals surface area contributed by atoms with Crippen molar-refractivity contribution in [3.05, 3.63) is 71.7 Å². The van der Waals surface area contributed by atoms with Crippen molar-refractivity contribution in [3.8, 4) is 16.9 Å². The van der Waals surface area contributed by atoms with Gasteiger partial charge in [0.1, 0.15) is 11.5 Å². The predicted octanol–water partition coefficient (Wildman–Crippen LogP) is 4.22. The van der Waals surface area contributed by atoms with Crippen LogP contribution >= 0.6 is 12.4 Å². The van der Waals surface area contributed by atoms with Crippen LogP contribution in [0.3, 0.4) is 0 Å². The Bertz CT molecular complexity index is 1030. The van der Waals surface area contributed by atoms with Gasteiger partial charge < -0.3 is 10.6 Å². The van der Waals surface area contributed by atoms with Gasteiger partial charge in [-0.2, -0.15) is 5.10 Å². The molecule has 4 rings (SSSR count). The number of rotatable bonds is 4. The van der Waals surface area contributed by atoms with Crippen LogP contribution in [0.1, 0.15) is 29.3 Å². The molecule has 0 bridgehead atoms. The summed E-state index contributed by atoms with van der Waals surface area (Å²) in [5.41, 5.74) is 9.70. The molecule has 0 aliphatic carbocycles. The second-order valence-corrected chi connectivity index (χ2v) is 7.83. The summed E-state index contributed by atoms with van der Waals surface area (Å²) in [7, 11) is 0. The Labute approximate surface area is 182 Å². The Kier molecular flexibility index (Phi) is 6.58. The fourth-order valence-corrected chi connectivity index (χ4v) is 4.01. The van der Waals surface area contributed by atoms with Crippen LogP contribution in [-0.2, 0) is 0 Å². The van der Waals surface area contributed by atoms with Crippen LogP contribution in [-0.4, -0.2) is 39.7 Å². The van der Waals surface area contributed by atoms with Crippen molar-refractivity contribution >= 4 is 18.3 Å². The van der Waals surface area contributed by atoms with Crippen molar-refractivity contribution in [3.63, 3.8) is 0 Å². The van der Waals surface area contributed by atoms with Crippen molar-refractivity contribution in [2.24, 2.45) is 11.7 Å². The number of benzene rings is 2. The SMILES string of the molecule is Cc1cccc(-c2nn(-c3ccc(F)cc3)cc2C(=O)N2CC(CN)CC2C)c1.Cl. The molecule has 1 saturated heterocycles. The van der Waals surface area contributed by atoms with Crippen LogP contribution in [0.2, 0.25) is 0 Å². The van der Waals surface area contributed by atoms with Crippen LogP contribution in [0.5, 0.6) is 0 Å². The van der Waals surface area contributed by atoms with E-state index in [0.717, 1.165) is 17.5 Å². The average molecular weight is 429 g/mol. The number of carbonyl (C=O) groups is 1. The molecular formula is C23H26ClFN4O. The fourth-order valence-electron chi connectivity index (χ4n) is 4.01. The lowest BCUT2D eigenvalue weighted by Gasteiger charge is -2.21. The van der Waals surface area contributed by atoms with Crippen molar-refractivity contribution < 1.29 is 9.18 Å².